The first-order valence-corrected chi connectivity index (χ1v) is 7.67. The quantitative estimate of drug-likeness (QED) is 0.307. The molecule has 0 aliphatic heterocycles. The van der Waals surface area contributed by atoms with Gasteiger partial charge in [0.25, 0.3) is 5.69 Å². The Morgan fingerprint density at radius 3 is 2.54 bits per heavy atom. The fourth-order valence-electron chi connectivity index (χ4n) is 2.01. The van der Waals surface area contributed by atoms with Crippen molar-refractivity contribution in [1.82, 2.24) is 5.32 Å². The summed E-state index contributed by atoms with van der Waals surface area (Å²) in [6.07, 6.45) is 0. The van der Waals surface area contributed by atoms with E-state index in [0.717, 1.165) is 11.4 Å². The summed E-state index contributed by atoms with van der Waals surface area (Å²) < 4.78 is 5.09. The van der Waals surface area contributed by atoms with Gasteiger partial charge in [0.1, 0.15) is 11.4 Å². The Morgan fingerprint density at radius 2 is 1.88 bits per heavy atom. The summed E-state index contributed by atoms with van der Waals surface area (Å²) in [7, 11) is 1.61. The van der Waals surface area contributed by atoms with Gasteiger partial charge in [0.15, 0.2) is 5.11 Å². The highest BCUT2D eigenvalue weighted by Crippen LogP contribution is 2.22. The fourth-order valence-corrected chi connectivity index (χ4v) is 2.23. The Hall–Kier alpha value is -2.87. The summed E-state index contributed by atoms with van der Waals surface area (Å²) in [5.41, 5.74) is 1.38. The van der Waals surface area contributed by atoms with Crippen LogP contribution >= 0.6 is 12.2 Å². The van der Waals surface area contributed by atoms with Crippen LogP contribution in [0.3, 0.4) is 0 Å². The molecule has 0 aliphatic carbocycles. The van der Waals surface area contributed by atoms with Crippen LogP contribution in [-0.2, 0) is 0 Å². The normalized spacial score (nSPS) is 9.88. The third-order valence-corrected chi connectivity index (χ3v) is 3.42. The predicted molar refractivity (Wildman–Crippen MR) is 98.8 cm³/mol. The fraction of sp³-hybridized carbons (Fsp3) is 0.188. The van der Waals surface area contributed by atoms with E-state index in [0.29, 0.717) is 23.9 Å². The van der Waals surface area contributed by atoms with Crippen LogP contribution in [0, 0.1) is 10.1 Å². The molecule has 2 aromatic carbocycles. The van der Waals surface area contributed by atoms with Crippen LogP contribution in [-0.4, -0.2) is 30.2 Å². The first-order chi connectivity index (χ1) is 11.6. The van der Waals surface area contributed by atoms with Crippen molar-refractivity contribution in [3.8, 4) is 5.75 Å². The molecule has 3 N–H and O–H groups in total. The molecule has 0 fully saturated rings. The maximum atomic E-state index is 10.9. The SMILES string of the molecule is COc1ccc(NC(=S)NCCNc2ccccc2[N+](=O)[O-])cc1. The van der Waals surface area contributed by atoms with Crippen molar-refractivity contribution in [1.29, 1.82) is 0 Å². The van der Waals surface area contributed by atoms with Crippen LogP contribution in [0.4, 0.5) is 17.1 Å². The average Bonchev–Trinajstić information content (AvgIpc) is 2.59. The van der Waals surface area contributed by atoms with Crippen molar-refractivity contribution in [2.45, 2.75) is 0 Å². The Balaban J connectivity index is 1.75. The van der Waals surface area contributed by atoms with E-state index in [4.69, 9.17) is 17.0 Å². The van der Waals surface area contributed by atoms with E-state index in [-0.39, 0.29) is 5.69 Å². The largest absolute Gasteiger partial charge is 0.497 e. The lowest BCUT2D eigenvalue weighted by atomic mass is 10.2. The number of ether oxygens (including phenoxy) is 1. The number of nitro groups is 1. The molecule has 0 spiro atoms. The van der Waals surface area contributed by atoms with E-state index in [1.807, 2.05) is 24.3 Å². The van der Waals surface area contributed by atoms with Crippen LogP contribution < -0.4 is 20.7 Å². The second-order valence-electron chi connectivity index (χ2n) is 4.81. The van der Waals surface area contributed by atoms with Crippen LogP contribution in [0.1, 0.15) is 0 Å². The van der Waals surface area contributed by atoms with Crippen molar-refractivity contribution < 1.29 is 9.66 Å². The predicted octanol–water partition coefficient (Wildman–Crippen LogP) is 3.00. The number of para-hydroxylation sites is 2. The maximum Gasteiger partial charge on any atom is 0.292 e. The van der Waals surface area contributed by atoms with Crippen molar-refractivity contribution in [3.63, 3.8) is 0 Å². The van der Waals surface area contributed by atoms with Gasteiger partial charge in [-0.15, -0.1) is 0 Å². The van der Waals surface area contributed by atoms with Crippen molar-refractivity contribution in [3.05, 3.63) is 58.6 Å². The molecule has 8 heteroatoms. The second-order valence-corrected chi connectivity index (χ2v) is 5.22. The molecule has 0 amide bonds. The standard InChI is InChI=1S/C16H18N4O3S/c1-23-13-8-6-12(7-9-13)19-16(24)18-11-10-17-14-4-2-3-5-15(14)20(21)22/h2-9,17H,10-11H2,1H3,(H2,18,19,24). The highest BCUT2D eigenvalue weighted by Gasteiger charge is 2.11. The molecular formula is C16H18N4O3S. The van der Waals surface area contributed by atoms with Gasteiger partial charge in [-0.3, -0.25) is 10.1 Å². The molecule has 0 aromatic heterocycles. The number of nitro benzene ring substituents is 1. The van der Waals surface area contributed by atoms with Crippen molar-refractivity contribution in [2.24, 2.45) is 0 Å². The number of nitrogens with zero attached hydrogens (tertiary/aromatic N) is 1. The number of hydrogen-bond donors (Lipinski definition) is 3. The molecule has 0 heterocycles. The zero-order valence-corrected chi connectivity index (χ0v) is 13.9. The minimum absolute atomic E-state index is 0.0523. The molecule has 2 aromatic rings. The van der Waals surface area contributed by atoms with Crippen LogP contribution in [0.25, 0.3) is 0 Å². The monoisotopic (exact) mass is 346 g/mol. The number of nitrogens with one attached hydrogen (secondary N) is 3. The van der Waals surface area contributed by atoms with Crippen molar-refractivity contribution >= 4 is 34.4 Å². The molecule has 0 atom stereocenters. The van der Waals surface area contributed by atoms with Crippen LogP contribution in [0.5, 0.6) is 5.75 Å². The molecule has 0 bridgehead atoms. The number of anilines is 2. The van der Waals surface area contributed by atoms with E-state index >= 15 is 0 Å². The Morgan fingerprint density at radius 1 is 1.17 bits per heavy atom. The van der Waals surface area contributed by atoms with Gasteiger partial charge in [0.2, 0.25) is 0 Å². The Kier molecular flexibility index (Phi) is 6.32. The third-order valence-electron chi connectivity index (χ3n) is 3.17. The zero-order chi connectivity index (χ0) is 17.4. The molecule has 0 unspecified atom stereocenters. The van der Waals surface area contributed by atoms with E-state index in [1.54, 1.807) is 25.3 Å². The van der Waals surface area contributed by atoms with Gasteiger partial charge in [-0.25, -0.2) is 0 Å². The Bertz CT molecular complexity index is 707. The van der Waals surface area contributed by atoms with Crippen LogP contribution in [0.15, 0.2) is 48.5 Å². The van der Waals surface area contributed by atoms with Gasteiger partial charge in [-0.1, -0.05) is 12.1 Å². The number of hydrogen-bond acceptors (Lipinski definition) is 5. The van der Waals surface area contributed by atoms with E-state index in [2.05, 4.69) is 16.0 Å². The number of thiocarbonyl (C=S) groups is 1. The van der Waals surface area contributed by atoms with Gasteiger partial charge in [-0.2, -0.15) is 0 Å². The molecule has 24 heavy (non-hydrogen) atoms. The van der Waals surface area contributed by atoms with E-state index in [1.165, 1.54) is 6.07 Å². The summed E-state index contributed by atoms with van der Waals surface area (Å²) in [6.45, 7) is 1.02. The third kappa shape index (κ3) is 5.10. The molecular weight excluding hydrogens is 328 g/mol. The maximum absolute atomic E-state index is 10.9. The number of rotatable bonds is 7. The molecule has 126 valence electrons. The minimum Gasteiger partial charge on any atom is -0.497 e. The number of benzene rings is 2. The minimum atomic E-state index is -0.411. The lowest BCUT2D eigenvalue weighted by Gasteiger charge is -2.12. The summed E-state index contributed by atoms with van der Waals surface area (Å²) in [5.74, 6) is 0.771. The summed E-state index contributed by atoms with van der Waals surface area (Å²) >= 11 is 5.21. The average molecular weight is 346 g/mol. The first-order valence-electron chi connectivity index (χ1n) is 7.26. The zero-order valence-electron chi connectivity index (χ0n) is 13.1. The van der Waals surface area contributed by atoms with Gasteiger partial charge >= 0.3 is 0 Å². The number of methoxy groups -OCH3 is 1. The van der Waals surface area contributed by atoms with E-state index < -0.39 is 4.92 Å². The van der Waals surface area contributed by atoms with Crippen molar-refractivity contribution in [2.75, 3.05) is 30.8 Å². The van der Waals surface area contributed by atoms with Gasteiger partial charge < -0.3 is 20.7 Å². The molecule has 7 nitrogen and oxygen atoms in total. The van der Waals surface area contributed by atoms with Crippen LogP contribution in [0.2, 0.25) is 0 Å². The molecule has 0 saturated heterocycles. The lowest BCUT2D eigenvalue weighted by molar-refractivity contribution is -0.384. The second kappa shape index (κ2) is 8.68. The summed E-state index contributed by atoms with van der Waals surface area (Å²) in [6, 6.07) is 13.9. The molecule has 0 saturated carbocycles. The molecule has 0 radical (unpaired) electrons. The van der Waals surface area contributed by atoms with Gasteiger partial charge in [-0.05, 0) is 42.5 Å². The molecule has 2 rings (SSSR count). The van der Waals surface area contributed by atoms with Gasteiger partial charge in [0.05, 0.1) is 12.0 Å². The first kappa shape index (κ1) is 17.5. The topological polar surface area (TPSA) is 88.5 Å². The molecule has 0 aliphatic rings. The Labute approximate surface area is 145 Å². The highest BCUT2D eigenvalue weighted by atomic mass is 32.1. The summed E-state index contributed by atoms with van der Waals surface area (Å²) in [4.78, 5) is 10.5. The lowest BCUT2D eigenvalue weighted by Crippen LogP contribution is -2.32. The highest BCUT2D eigenvalue weighted by molar-refractivity contribution is 7.80. The van der Waals surface area contributed by atoms with Gasteiger partial charge in [0, 0.05) is 24.8 Å². The smallest absolute Gasteiger partial charge is 0.292 e. The van der Waals surface area contributed by atoms with E-state index in [9.17, 15) is 10.1 Å². The summed E-state index contributed by atoms with van der Waals surface area (Å²) in [5, 5.41) is 20.5.